The largest absolute Gasteiger partial charge is 0.392 e. The van der Waals surface area contributed by atoms with Crippen molar-refractivity contribution >= 4 is 5.69 Å². The smallest absolute Gasteiger partial charge is 0.0681 e. The number of hydrogen-bond acceptors (Lipinski definition) is 2. The Morgan fingerprint density at radius 3 is 2.53 bits per heavy atom. The van der Waals surface area contributed by atoms with Crippen LogP contribution in [0.2, 0.25) is 0 Å². The van der Waals surface area contributed by atoms with Crippen molar-refractivity contribution in [3.63, 3.8) is 0 Å². The Balaban J connectivity index is 2.04. The van der Waals surface area contributed by atoms with Crippen molar-refractivity contribution in [1.29, 1.82) is 0 Å². The van der Waals surface area contributed by atoms with Gasteiger partial charge in [0, 0.05) is 18.8 Å². The third kappa shape index (κ3) is 3.01. The van der Waals surface area contributed by atoms with Gasteiger partial charge in [-0.3, -0.25) is 0 Å². The first-order valence-electron chi connectivity index (χ1n) is 6.63. The molecule has 2 atom stereocenters. The second-order valence-corrected chi connectivity index (χ2v) is 5.36. The van der Waals surface area contributed by atoms with Crippen LogP contribution in [0.25, 0.3) is 0 Å². The van der Waals surface area contributed by atoms with Crippen LogP contribution in [0.3, 0.4) is 0 Å². The van der Waals surface area contributed by atoms with Crippen molar-refractivity contribution in [1.82, 2.24) is 0 Å². The molecule has 1 saturated carbocycles. The van der Waals surface area contributed by atoms with Gasteiger partial charge in [-0.25, -0.2) is 0 Å². The minimum Gasteiger partial charge on any atom is -0.392 e. The lowest BCUT2D eigenvalue weighted by molar-refractivity contribution is 0.282. The van der Waals surface area contributed by atoms with Crippen LogP contribution in [0, 0.1) is 5.92 Å². The molecule has 0 saturated heterocycles. The third-order valence-electron chi connectivity index (χ3n) is 3.98. The highest BCUT2D eigenvalue weighted by Gasteiger charge is 2.22. The van der Waals surface area contributed by atoms with E-state index in [0.29, 0.717) is 6.04 Å². The normalized spacial score (nSPS) is 24.6. The highest BCUT2D eigenvalue weighted by molar-refractivity contribution is 5.47. The van der Waals surface area contributed by atoms with Gasteiger partial charge < -0.3 is 10.0 Å². The highest BCUT2D eigenvalue weighted by atomic mass is 16.3. The fourth-order valence-corrected chi connectivity index (χ4v) is 2.80. The number of hydrogen-bond donors (Lipinski definition) is 1. The van der Waals surface area contributed by atoms with Gasteiger partial charge in [-0.2, -0.15) is 0 Å². The lowest BCUT2D eigenvalue weighted by atomic mass is 9.86. The summed E-state index contributed by atoms with van der Waals surface area (Å²) in [6.45, 7) is 2.49. The predicted molar refractivity (Wildman–Crippen MR) is 72.2 cm³/mol. The van der Waals surface area contributed by atoms with Crippen LogP contribution in [0.5, 0.6) is 0 Å². The van der Waals surface area contributed by atoms with Gasteiger partial charge in [0.2, 0.25) is 0 Å². The zero-order valence-corrected chi connectivity index (χ0v) is 10.9. The fraction of sp³-hybridized carbons (Fsp3) is 0.600. The maximum atomic E-state index is 9.04. The van der Waals surface area contributed by atoms with E-state index in [0.717, 1.165) is 11.5 Å². The lowest BCUT2D eigenvalue weighted by Gasteiger charge is -2.35. The molecule has 0 spiro atoms. The van der Waals surface area contributed by atoms with Gasteiger partial charge >= 0.3 is 0 Å². The van der Waals surface area contributed by atoms with E-state index < -0.39 is 0 Å². The molecule has 0 aliphatic heterocycles. The quantitative estimate of drug-likeness (QED) is 0.866. The third-order valence-corrected chi connectivity index (χ3v) is 3.98. The first-order valence-corrected chi connectivity index (χ1v) is 6.63. The molecule has 17 heavy (non-hydrogen) atoms. The molecule has 1 aliphatic rings. The summed E-state index contributed by atoms with van der Waals surface area (Å²) in [5.41, 5.74) is 2.25. The van der Waals surface area contributed by atoms with Crippen molar-refractivity contribution in [3.05, 3.63) is 29.8 Å². The van der Waals surface area contributed by atoms with Crippen LogP contribution in [0.4, 0.5) is 5.69 Å². The number of benzene rings is 1. The zero-order chi connectivity index (χ0) is 12.3. The van der Waals surface area contributed by atoms with E-state index in [1.807, 2.05) is 12.1 Å². The molecule has 0 amide bonds. The number of rotatable bonds is 3. The van der Waals surface area contributed by atoms with Gasteiger partial charge in [0.1, 0.15) is 0 Å². The summed E-state index contributed by atoms with van der Waals surface area (Å²) < 4.78 is 0. The Morgan fingerprint density at radius 1 is 1.24 bits per heavy atom. The van der Waals surface area contributed by atoms with Gasteiger partial charge in [-0.05, 0) is 36.5 Å². The first kappa shape index (κ1) is 12.4. The SMILES string of the molecule is CC1CCCC(N(C)c2ccc(CO)cc2)C1. The number of nitrogens with zero attached hydrogens (tertiary/aromatic N) is 1. The molecule has 1 aromatic rings. The number of aliphatic hydroxyl groups is 1. The fourth-order valence-electron chi connectivity index (χ4n) is 2.80. The van der Waals surface area contributed by atoms with E-state index in [1.165, 1.54) is 31.4 Å². The van der Waals surface area contributed by atoms with Crippen molar-refractivity contribution in [2.24, 2.45) is 5.92 Å². The highest BCUT2D eigenvalue weighted by Crippen LogP contribution is 2.29. The summed E-state index contributed by atoms with van der Waals surface area (Å²) in [6.07, 6.45) is 5.35. The molecule has 0 bridgehead atoms. The predicted octanol–water partition coefficient (Wildman–Crippen LogP) is 3.19. The van der Waals surface area contributed by atoms with Crippen LogP contribution in [0.1, 0.15) is 38.2 Å². The molecule has 0 heterocycles. The first-order chi connectivity index (χ1) is 8.20. The monoisotopic (exact) mass is 233 g/mol. The molecule has 1 aliphatic carbocycles. The van der Waals surface area contributed by atoms with E-state index in [1.54, 1.807) is 0 Å². The van der Waals surface area contributed by atoms with E-state index >= 15 is 0 Å². The minimum absolute atomic E-state index is 0.129. The standard InChI is InChI=1S/C15H23NO/c1-12-4-3-5-15(10-12)16(2)14-8-6-13(11-17)7-9-14/h6-9,12,15,17H,3-5,10-11H2,1-2H3. The molecule has 0 radical (unpaired) electrons. The van der Waals surface area contributed by atoms with Crippen molar-refractivity contribution in [2.75, 3.05) is 11.9 Å². The topological polar surface area (TPSA) is 23.5 Å². The molecule has 2 nitrogen and oxygen atoms in total. The molecule has 2 rings (SSSR count). The van der Waals surface area contributed by atoms with Gasteiger partial charge in [0.25, 0.3) is 0 Å². The van der Waals surface area contributed by atoms with Crippen molar-refractivity contribution in [3.8, 4) is 0 Å². The second kappa shape index (κ2) is 5.54. The van der Waals surface area contributed by atoms with Crippen molar-refractivity contribution in [2.45, 2.75) is 45.3 Å². The van der Waals surface area contributed by atoms with Crippen LogP contribution in [-0.4, -0.2) is 18.2 Å². The Labute approximate surface area is 104 Å². The minimum atomic E-state index is 0.129. The van der Waals surface area contributed by atoms with E-state index in [-0.39, 0.29) is 6.61 Å². The zero-order valence-electron chi connectivity index (χ0n) is 10.9. The van der Waals surface area contributed by atoms with E-state index in [9.17, 15) is 0 Å². The maximum absolute atomic E-state index is 9.04. The van der Waals surface area contributed by atoms with Crippen LogP contribution >= 0.6 is 0 Å². The average Bonchev–Trinajstić information content (AvgIpc) is 2.38. The summed E-state index contributed by atoms with van der Waals surface area (Å²) in [5.74, 6) is 0.855. The molecule has 2 unspecified atom stereocenters. The molecule has 1 aromatic carbocycles. The molecule has 1 fully saturated rings. The summed E-state index contributed by atoms with van der Waals surface area (Å²) >= 11 is 0. The average molecular weight is 233 g/mol. The number of aliphatic hydroxyl groups excluding tert-OH is 1. The van der Waals surface area contributed by atoms with E-state index in [2.05, 4.69) is 31.0 Å². The molecular formula is C15H23NO. The Hall–Kier alpha value is -1.02. The lowest BCUT2D eigenvalue weighted by Crippen LogP contribution is -2.35. The summed E-state index contributed by atoms with van der Waals surface area (Å²) in [5, 5.41) is 9.04. The van der Waals surface area contributed by atoms with Gasteiger partial charge in [-0.1, -0.05) is 31.9 Å². The van der Waals surface area contributed by atoms with Gasteiger partial charge in [-0.15, -0.1) is 0 Å². The summed E-state index contributed by atoms with van der Waals surface area (Å²) in [7, 11) is 2.19. The molecule has 94 valence electrons. The Kier molecular flexibility index (Phi) is 4.06. The van der Waals surface area contributed by atoms with Gasteiger partial charge in [0.15, 0.2) is 0 Å². The maximum Gasteiger partial charge on any atom is 0.0681 e. The van der Waals surface area contributed by atoms with Crippen LogP contribution in [-0.2, 0) is 6.61 Å². The molecule has 0 aromatic heterocycles. The van der Waals surface area contributed by atoms with Crippen molar-refractivity contribution < 1.29 is 5.11 Å². The summed E-state index contributed by atoms with van der Waals surface area (Å²) in [6, 6.07) is 8.94. The second-order valence-electron chi connectivity index (χ2n) is 5.36. The Bertz CT molecular complexity index is 346. The molecular weight excluding hydrogens is 210 g/mol. The number of anilines is 1. The van der Waals surface area contributed by atoms with E-state index in [4.69, 9.17) is 5.11 Å². The molecule has 1 N–H and O–H groups in total. The van der Waals surface area contributed by atoms with Crippen LogP contribution < -0.4 is 4.90 Å². The Morgan fingerprint density at radius 2 is 1.94 bits per heavy atom. The van der Waals surface area contributed by atoms with Crippen LogP contribution in [0.15, 0.2) is 24.3 Å². The van der Waals surface area contributed by atoms with Gasteiger partial charge in [0.05, 0.1) is 6.61 Å². The summed E-state index contributed by atoms with van der Waals surface area (Å²) in [4.78, 5) is 2.40. The molecule has 2 heteroatoms.